The fourth-order valence-corrected chi connectivity index (χ4v) is 2.97. The lowest BCUT2D eigenvalue weighted by molar-refractivity contribution is -0.117. The number of H-pyrrole nitrogens is 1. The molecule has 1 aromatic heterocycles. The summed E-state index contributed by atoms with van der Waals surface area (Å²) in [6.45, 7) is 0.432. The van der Waals surface area contributed by atoms with Gasteiger partial charge < -0.3 is 10.3 Å². The van der Waals surface area contributed by atoms with Gasteiger partial charge in [-0.25, -0.2) is 0 Å². The Morgan fingerprint density at radius 2 is 2.00 bits per heavy atom. The van der Waals surface area contributed by atoms with Gasteiger partial charge in [-0.15, -0.1) is 0 Å². The lowest BCUT2D eigenvalue weighted by Gasteiger charge is -2.04. The molecule has 0 aliphatic heterocycles. The second kappa shape index (κ2) is 8.09. The van der Waals surface area contributed by atoms with Crippen LogP contribution < -0.4 is 5.32 Å². The summed E-state index contributed by atoms with van der Waals surface area (Å²) in [5.74, 6) is -0.418. The fourth-order valence-electron chi connectivity index (χ4n) is 2.66. The Bertz CT molecular complexity index is 1030. The molecule has 1 heterocycles. The van der Waals surface area contributed by atoms with Crippen LogP contribution in [-0.4, -0.2) is 17.4 Å². The van der Waals surface area contributed by atoms with E-state index in [9.17, 15) is 10.1 Å². The molecule has 4 nitrogen and oxygen atoms in total. The highest BCUT2D eigenvalue weighted by atomic mass is 35.5. The van der Waals surface area contributed by atoms with E-state index in [4.69, 9.17) is 23.2 Å². The van der Waals surface area contributed by atoms with Crippen molar-refractivity contribution >= 4 is 46.1 Å². The summed E-state index contributed by atoms with van der Waals surface area (Å²) in [5.41, 5.74) is 2.84. The monoisotopic (exact) mass is 383 g/mol. The molecule has 0 fully saturated rings. The van der Waals surface area contributed by atoms with E-state index in [0.717, 1.165) is 16.5 Å². The fraction of sp³-hybridized carbons (Fsp3) is 0.100. The maximum Gasteiger partial charge on any atom is 0.261 e. The van der Waals surface area contributed by atoms with Gasteiger partial charge in [-0.05, 0) is 41.8 Å². The molecule has 3 rings (SSSR count). The number of aromatic amines is 1. The topological polar surface area (TPSA) is 68.7 Å². The van der Waals surface area contributed by atoms with Crippen molar-refractivity contribution in [3.63, 3.8) is 0 Å². The van der Waals surface area contributed by atoms with Crippen molar-refractivity contribution < 1.29 is 4.79 Å². The van der Waals surface area contributed by atoms with Crippen LogP contribution in [0.15, 0.2) is 54.2 Å². The summed E-state index contributed by atoms with van der Waals surface area (Å²) in [6, 6.07) is 14.8. The number of rotatable bonds is 5. The van der Waals surface area contributed by atoms with E-state index in [1.807, 2.05) is 36.5 Å². The number of nitrogens with zero attached hydrogens (tertiary/aromatic N) is 1. The molecule has 0 aliphatic rings. The zero-order chi connectivity index (χ0) is 18.5. The Kier molecular flexibility index (Phi) is 5.62. The van der Waals surface area contributed by atoms with Crippen molar-refractivity contribution in [3.05, 3.63) is 75.4 Å². The molecule has 6 heteroatoms. The van der Waals surface area contributed by atoms with Gasteiger partial charge in [0.2, 0.25) is 0 Å². The first-order valence-electron chi connectivity index (χ1n) is 7.98. The van der Waals surface area contributed by atoms with Crippen molar-refractivity contribution in [1.82, 2.24) is 10.3 Å². The second-order valence-corrected chi connectivity index (χ2v) is 6.52. The van der Waals surface area contributed by atoms with E-state index in [1.54, 1.807) is 18.2 Å². The normalized spacial score (nSPS) is 11.3. The average molecular weight is 384 g/mol. The average Bonchev–Trinajstić information content (AvgIpc) is 3.06. The van der Waals surface area contributed by atoms with E-state index in [-0.39, 0.29) is 5.57 Å². The molecule has 0 saturated heterocycles. The van der Waals surface area contributed by atoms with Crippen molar-refractivity contribution in [2.45, 2.75) is 6.42 Å². The number of halogens is 2. The highest BCUT2D eigenvalue weighted by Gasteiger charge is 2.10. The Labute approximate surface area is 161 Å². The van der Waals surface area contributed by atoms with Crippen LogP contribution in [0.3, 0.4) is 0 Å². The predicted octanol–water partition coefficient (Wildman–Crippen LogP) is 4.74. The van der Waals surface area contributed by atoms with E-state index in [0.29, 0.717) is 28.6 Å². The molecule has 0 atom stereocenters. The molecule has 26 heavy (non-hydrogen) atoms. The third-order valence-corrected chi connectivity index (χ3v) is 4.71. The van der Waals surface area contributed by atoms with Crippen LogP contribution in [0.25, 0.3) is 17.0 Å². The summed E-state index contributed by atoms with van der Waals surface area (Å²) in [7, 11) is 0. The van der Waals surface area contributed by atoms with Crippen LogP contribution in [-0.2, 0) is 11.2 Å². The summed E-state index contributed by atoms with van der Waals surface area (Å²) >= 11 is 11.8. The zero-order valence-electron chi connectivity index (χ0n) is 13.7. The van der Waals surface area contributed by atoms with Gasteiger partial charge in [0.1, 0.15) is 11.6 Å². The maximum absolute atomic E-state index is 12.3. The van der Waals surface area contributed by atoms with E-state index >= 15 is 0 Å². The van der Waals surface area contributed by atoms with Crippen LogP contribution in [0.2, 0.25) is 10.0 Å². The van der Waals surface area contributed by atoms with Crippen LogP contribution in [0.5, 0.6) is 0 Å². The highest BCUT2D eigenvalue weighted by molar-refractivity contribution is 6.42. The molecule has 130 valence electrons. The van der Waals surface area contributed by atoms with Crippen LogP contribution in [0.1, 0.15) is 11.1 Å². The summed E-state index contributed by atoms with van der Waals surface area (Å²) in [5, 5.41) is 14.0. The number of nitriles is 1. The van der Waals surface area contributed by atoms with E-state index in [1.165, 1.54) is 6.08 Å². The zero-order valence-corrected chi connectivity index (χ0v) is 15.2. The number of para-hydroxylation sites is 1. The van der Waals surface area contributed by atoms with Crippen LogP contribution in [0.4, 0.5) is 0 Å². The molecule has 0 aliphatic carbocycles. The first-order chi connectivity index (χ1) is 12.6. The lowest BCUT2D eigenvalue weighted by Crippen LogP contribution is -2.26. The number of carbonyl (C=O) groups excluding carboxylic acids is 1. The standard InChI is InChI=1S/C20H15Cl2N3O/c21-17-6-5-13(10-18(17)22)9-15(11-23)20(26)24-8-7-14-12-25-19-4-2-1-3-16(14)19/h1-6,9-10,12,25H,7-8H2,(H,24,26)/b15-9+. The third-order valence-electron chi connectivity index (χ3n) is 3.97. The second-order valence-electron chi connectivity index (χ2n) is 5.71. The molecule has 0 radical (unpaired) electrons. The molecular formula is C20H15Cl2N3O. The first kappa shape index (κ1) is 18.1. The van der Waals surface area contributed by atoms with Crippen molar-refractivity contribution in [3.8, 4) is 6.07 Å². The molecule has 0 bridgehead atoms. The molecular weight excluding hydrogens is 369 g/mol. The van der Waals surface area contributed by atoms with Crippen LogP contribution >= 0.6 is 23.2 Å². The summed E-state index contributed by atoms with van der Waals surface area (Å²) in [6.07, 6.45) is 4.10. The molecule has 2 aromatic carbocycles. The molecule has 1 amide bonds. The highest BCUT2D eigenvalue weighted by Crippen LogP contribution is 2.23. The number of carbonyl (C=O) groups is 1. The number of fused-ring (bicyclic) bond motifs is 1. The smallest absolute Gasteiger partial charge is 0.261 e. The van der Waals surface area contributed by atoms with Gasteiger partial charge in [0, 0.05) is 23.6 Å². The van der Waals surface area contributed by atoms with Gasteiger partial charge in [0.15, 0.2) is 0 Å². The lowest BCUT2D eigenvalue weighted by atomic mass is 10.1. The Hall–Kier alpha value is -2.74. The third kappa shape index (κ3) is 4.08. The molecule has 0 unspecified atom stereocenters. The van der Waals surface area contributed by atoms with Gasteiger partial charge in [0.25, 0.3) is 5.91 Å². The van der Waals surface area contributed by atoms with Crippen molar-refractivity contribution in [2.24, 2.45) is 0 Å². The SMILES string of the molecule is N#C/C(=C\c1ccc(Cl)c(Cl)c1)C(=O)NCCc1c[nH]c2ccccc12. The van der Waals surface area contributed by atoms with Gasteiger partial charge in [-0.3, -0.25) is 4.79 Å². The Morgan fingerprint density at radius 1 is 1.19 bits per heavy atom. The van der Waals surface area contributed by atoms with Gasteiger partial charge in [-0.2, -0.15) is 5.26 Å². The summed E-state index contributed by atoms with van der Waals surface area (Å²) in [4.78, 5) is 15.5. The minimum absolute atomic E-state index is 0.0160. The minimum atomic E-state index is -0.418. The number of hydrogen-bond acceptors (Lipinski definition) is 2. The van der Waals surface area contributed by atoms with E-state index in [2.05, 4.69) is 10.3 Å². The molecule has 0 saturated carbocycles. The Morgan fingerprint density at radius 3 is 2.77 bits per heavy atom. The van der Waals surface area contributed by atoms with Crippen molar-refractivity contribution in [2.75, 3.05) is 6.54 Å². The largest absolute Gasteiger partial charge is 0.361 e. The first-order valence-corrected chi connectivity index (χ1v) is 8.74. The number of aromatic nitrogens is 1. The summed E-state index contributed by atoms with van der Waals surface area (Å²) < 4.78 is 0. The van der Waals surface area contributed by atoms with Gasteiger partial charge in [-0.1, -0.05) is 47.5 Å². The van der Waals surface area contributed by atoms with Gasteiger partial charge >= 0.3 is 0 Å². The van der Waals surface area contributed by atoms with Crippen molar-refractivity contribution in [1.29, 1.82) is 5.26 Å². The number of amides is 1. The van der Waals surface area contributed by atoms with E-state index < -0.39 is 5.91 Å². The molecule has 2 N–H and O–H groups in total. The maximum atomic E-state index is 12.3. The Balaban J connectivity index is 1.65. The van der Waals surface area contributed by atoms with Crippen LogP contribution in [0, 0.1) is 11.3 Å². The number of hydrogen-bond donors (Lipinski definition) is 2. The quantitative estimate of drug-likeness (QED) is 0.493. The molecule has 0 spiro atoms. The predicted molar refractivity (Wildman–Crippen MR) is 105 cm³/mol. The van der Waals surface area contributed by atoms with Gasteiger partial charge in [0.05, 0.1) is 10.0 Å². The number of benzene rings is 2. The minimum Gasteiger partial charge on any atom is -0.361 e. The molecule has 3 aromatic rings. The number of nitrogens with one attached hydrogen (secondary N) is 2.